The molecular formula is C25H39ClN2. The van der Waals surface area contributed by atoms with Gasteiger partial charge in [0, 0.05) is 5.41 Å². The molecule has 0 aliphatic carbocycles. The highest BCUT2D eigenvalue weighted by Gasteiger charge is 2.30. The van der Waals surface area contributed by atoms with E-state index >= 15 is 0 Å². The molecule has 2 aromatic rings. The van der Waals surface area contributed by atoms with Gasteiger partial charge in [0.1, 0.15) is 0 Å². The molecule has 0 aliphatic rings. The molecular weight excluding hydrogens is 364 g/mol. The Morgan fingerprint density at radius 2 is 1.50 bits per heavy atom. The fourth-order valence-electron chi connectivity index (χ4n) is 4.27. The molecule has 28 heavy (non-hydrogen) atoms. The van der Waals surface area contributed by atoms with Crippen molar-refractivity contribution in [3.8, 4) is 0 Å². The van der Waals surface area contributed by atoms with E-state index in [1.54, 1.807) is 0 Å². The molecule has 1 heterocycles. The molecule has 3 heteroatoms. The number of hydrogen-bond acceptors (Lipinski definition) is 2. The van der Waals surface area contributed by atoms with E-state index in [1.165, 1.54) is 44.1 Å². The standard InChI is InChI=1S/C25H39ClN2/c1-7-11-12-13-17-25(6,10-4)22-23(26)28-21-18-19(14-15-20(21)27-22)24(5,9-3)16-8-2/h14-15,18H,7-13,16-17H2,1-6H3. The number of unbranched alkanes of at least 4 members (excludes halogenated alkanes) is 3. The average molecular weight is 403 g/mol. The molecule has 2 atom stereocenters. The van der Waals surface area contributed by atoms with Gasteiger partial charge in [-0.3, -0.25) is 0 Å². The summed E-state index contributed by atoms with van der Waals surface area (Å²) in [6.07, 6.45) is 10.7. The second kappa shape index (κ2) is 10.1. The van der Waals surface area contributed by atoms with Gasteiger partial charge in [-0.25, -0.2) is 9.97 Å². The third-order valence-electron chi connectivity index (χ3n) is 6.83. The van der Waals surface area contributed by atoms with Crippen LogP contribution < -0.4 is 0 Å². The molecule has 0 amide bonds. The van der Waals surface area contributed by atoms with Crippen LogP contribution in [-0.2, 0) is 10.8 Å². The topological polar surface area (TPSA) is 25.8 Å². The van der Waals surface area contributed by atoms with Crippen LogP contribution in [0.15, 0.2) is 18.2 Å². The van der Waals surface area contributed by atoms with Crippen LogP contribution in [0, 0.1) is 0 Å². The van der Waals surface area contributed by atoms with Crippen molar-refractivity contribution in [2.24, 2.45) is 0 Å². The van der Waals surface area contributed by atoms with Crippen molar-refractivity contribution < 1.29 is 0 Å². The third kappa shape index (κ3) is 5.06. The number of aromatic nitrogens is 2. The molecule has 2 rings (SSSR count). The number of benzene rings is 1. The van der Waals surface area contributed by atoms with Crippen molar-refractivity contribution in [1.82, 2.24) is 9.97 Å². The largest absolute Gasteiger partial charge is 0.247 e. The lowest BCUT2D eigenvalue weighted by molar-refractivity contribution is 0.386. The Hall–Kier alpha value is -1.15. The smallest absolute Gasteiger partial charge is 0.151 e. The first kappa shape index (κ1) is 23.1. The summed E-state index contributed by atoms with van der Waals surface area (Å²) in [4.78, 5) is 9.82. The number of rotatable bonds is 11. The zero-order chi connectivity index (χ0) is 20.8. The SMILES string of the molecule is CCCCCCC(C)(CC)c1nc2ccc(C(C)(CC)CCC)cc2nc1Cl. The summed E-state index contributed by atoms with van der Waals surface area (Å²) in [5.74, 6) is 0. The van der Waals surface area contributed by atoms with Crippen LogP contribution in [0.1, 0.15) is 111 Å². The summed E-state index contributed by atoms with van der Waals surface area (Å²) in [5.41, 5.74) is 4.39. The zero-order valence-electron chi connectivity index (χ0n) is 18.9. The normalized spacial score (nSPS) is 16.1. The van der Waals surface area contributed by atoms with Crippen LogP contribution in [0.5, 0.6) is 0 Å². The Morgan fingerprint density at radius 3 is 2.11 bits per heavy atom. The van der Waals surface area contributed by atoms with E-state index in [9.17, 15) is 0 Å². The highest BCUT2D eigenvalue weighted by atomic mass is 35.5. The lowest BCUT2D eigenvalue weighted by Crippen LogP contribution is -2.24. The van der Waals surface area contributed by atoms with E-state index in [-0.39, 0.29) is 10.8 Å². The van der Waals surface area contributed by atoms with Crippen molar-refractivity contribution in [2.45, 2.75) is 110 Å². The summed E-state index contributed by atoms with van der Waals surface area (Å²) in [6, 6.07) is 6.61. The second-order valence-electron chi connectivity index (χ2n) is 8.96. The summed E-state index contributed by atoms with van der Waals surface area (Å²) in [6.45, 7) is 13.7. The third-order valence-corrected chi connectivity index (χ3v) is 7.10. The fourth-order valence-corrected chi connectivity index (χ4v) is 4.64. The van der Waals surface area contributed by atoms with Gasteiger partial charge < -0.3 is 0 Å². The Morgan fingerprint density at radius 1 is 0.786 bits per heavy atom. The van der Waals surface area contributed by atoms with Crippen LogP contribution in [0.2, 0.25) is 5.15 Å². The molecule has 0 fully saturated rings. The quantitative estimate of drug-likeness (QED) is 0.352. The first-order valence-electron chi connectivity index (χ1n) is 11.3. The maximum absolute atomic E-state index is 6.69. The minimum absolute atomic E-state index is 0.00910. The maximum atomic E-state index is 6.69. The number of halogens is 1. The van der Waals surface area contributed by atoms with Gasteiger partial charge in [-0.1, -0.05) is 91.3 Å². The highest BCUT2D eigenvalue weighted by molar-refractivity contribution is 6.30. The molecule has 1 aromatic carbocycles. The van der Waals surface area contributed by atoms with E-state index in [0.717, 1.165) is 36.0 Å². The van der Waals surface area contributed by atoms with Gasteiger partial charge in [-0.05, 0) is 48.8 Å². The van der Waals surface area contributed by atoms with Crippen molar-refractivity contribution in [2.75, 3.05) is 0 Å². The van der Waals surface area contributed by atoms with Gasteiger partial charge in [-0.15, -0.1) is 0 Å². The van der Waals surface area contributed by atoms with Crippen LogP contribution >= 0.6 is 11.6 Å². The zero-order valence-corrected chi connectivity index (χ0v) is 19.6. The van der Waals surface area contributed by atoms with Crippen LogP contribution in [0.25, 0.3) is 11.0 Å². The van der Waals surface area contributed by atoms with Crippen LogP contribution in [-0.4, -0.2) is 9.97 Å². The van der Waals surface area contributed by atoms with E-state index in [4.69, 9.17) is 21.6 Å². The molecule has 2 unspecified atom stereocenters. The number of nitrogens with zero attached hydrogens (tertiary/aromatic N) is 2. The Labute approximate surface area is 177 Å². The van der Waals surface area contributed by atoms with Gasteiger partial charge in [-0.2, -0.15) is 0 Å². The van der Waals surface area contributed by atoms with Gasteiger partial charge in [0.2, 0.25) is 0 Å². The summed E-state index contributed by atoms with van der Waals surface area (Å²) in [5, 5.41) is 0.582. The van der Waals surface area contributed by atoms with Gasteiger partial charge in [0.25, 0.3) is 0 Å². The lowest BCUT2D eigenvalue weighted by Gasteiger charge is -2.30. The highest BCUT2D eigenvalue weighted by Crippen LogP contribution is 2.38. The lowest BCUT2D eigenvalue weighted by atomic mass is 9.76. The molecule has 0 saturated carbocycles. The van der Waals surface area contributed by atoms with Gasteiger partial charge in [0.15, 0.2) is 5.15 Å². The van der Waals surface area contributed by atoms with E-state index in [1.807, 2.05) is 0 Å². The number of fused-ring (bicyclic) bond motifs is 1. The fraction of sp³-hybridized carbons (Fsp3) is 0.680. The Balaban J connectivity index is 2.40. The van der Waals surface area contributed by atoms with E-state index in [2.05, 4.69) is 59.7 Å². The summed E-state index contributed by atoms with van der Waals surface area (Å²) in [7, 11) is 0. The second-order valence-corrected chi connectivity index (χ2v) is 9.31. The van der Waals surface area contributed by atoms with Gasteiger partial charge in [0.05, 0.1) is 16.7 Å². The molecule has 0 N–H and O–H groups in total. The maximum Gasteiger partial charge on any atom is 0.151 e. The average Bonchev–Trinajstić information content (AvgIpc) is 2.70. The van der Waals surface area contributed by atoms with Gasteiger partial charge >= 0.3 is 0 Å². The van der Waals surface area contributed by atoms with Crippen molar-refractivity contribution in [3.05, 3.63) is 34.6 Å². The van der Waals surface area contributed by atoms with Crippen LogP contribution in [0.4, 0.5) is 0 Å². The molecule has 0 bridgehead atoms. The predicted octanol–water partition coefficient (Wildman–Crippen LogP) is 8.39. The Kier molecular flexibility index (Phi) is 8.30. The van der Waals surface area contributed by atoms with Crippen LogP contribution in [0.3, 0.4) is 0 Å². The molecule has 0 saturated heterocycles. The van der Waals surface area contributed by atoms with Crippen molar-refractivity contribution in [3.63, 3.8) is 0 Å². The predicted molar refractivity (Wildman–Crippen MR) is 124 cm³/mol. The molecule has 156 valence electrons. The first-order valence-corrected chi connectivity index (χ1v) is 11.7. The monoisotopic (exact) mass is 402 g/mol. The first-order chi connectivity index (χ1) is 13.3. The minimum Gasteiger partial charge on any atom is -0.247 e. The summed E-state index contributed by atoms with van der Waals surface area (Å²) >= 11 is 6.69. The molecule has 1 aromatic heterocycles. The number of hydrogen-bond donors (Lipinski definition) is 0. The van der Waals surface area contributed by atoms with Crippen molar-refractivity contribution >= 4 is 22.6 Å². The molecule has 0 spiro atoms. The molecule has 0 aliphatic heterocycles. The minimum atomic E-state index is -0.00910. The molecule has 2 nitrogen and oxygen atoms in total. The van der Waals surface area contributed by atoms with E-state index in [0.29, 0.717) is 5.15 Å². The Bertz CT molecular complexity index is 772. The summed E-state index contributed by atoms with van der Waals surface area (Å²) < 4.78 is 0. The van der Waals surface area contributed by atoms with Crippen molar-refractivity contribution in [1.29, 1.82) is 0 Å². The van der Waals surface area contributed by atoms with E-state index < -0.39 is 0 Å². The molecule has 0 radical (unpaired) electrons.